The van der Waals surface area contributed by atoms with Gasteiger partial charge in [-0.1, -0.05) is 16.9 Å². The normalized spacial score (nSPS) is 16.5. The molecule has 0 saturated carbocycles. The number of carbonyl (C=O) groups is 7. The number of carboxylic acids is 1. The Bertz CT molecular complexity index is 2070. The number of hydrogen-bond acceptors (Lipinski definition) is 19. The van der Waals surface area contributed by atoms with Crippen molar-refractivity contribution in [2.75, 3.05) is 23.8 Å². The minimum atomic E-state index is -1.31. The van der Waals surface area contributed by atoms with Crippen molar-refractivity contribution in [1.82, 2.24) is 46.3 Å². The first-order chi connectivity index (χ1) is 25.2. The molecule has 1 saturated heterocycles. The van der Waals surface area contributed by atoms with E-state index < -0.39 is 65.3 Å². The van der Waals surface area contributed by atoms with Crippen LogP contribution in [0.2, 0.25) is 0 Å². The molecule has 278 valence electrons. The van der Waals surface area contributed by atoms with Crippen LogP contribution in [-0.4, -0.2) is 112 Å². The fraction of sp³-hybridized carbons (Fsp3) is 0.286. The van der Waals surface area contributed by atoms with Crippen molar-refractivity contribution in [2.45, 2.75) is 30.4 Å². The van der Waals surface area contributed by atoms with Gasteiger partial charge in [0.2, 0.25) is 5.16 Å². The molecule has 1 unspecified atom stereocenters. The Labute approximate surface area is 309 Å². The zero-order valence-corrected chi connectivity index (χ0v) is 30.0. The van der Waals surface area contributed by atoms with Crippen molar-refractivity contribution in [3.8, 4) is 11.5 Å². The number of oxime groups is 1. The van der Waals surface area contributed by atoms with Crippen molar-refractivity contribution in [3.63, 3.8) is 0 Å². The lowest BCUT2D eigenvalue weighted by Crippen LogP contribution is -2.71. The number of benzene rings is 1. The number of aromatic nitrogens is 5. The summed E-state index contributed by atoms with van der Waals surface area (Å²) in [4.78, 5) is 96.9. The summed E-state index contributed by atoms with van der Waals surface area (Å²) in [6, 6.07) is 2.43. The van der Waals surface area contributed by atoms with Crippen molar-refractivity contribution in [2.24, 2.45) is 12.2 Å². The number of anilines is 1. The third kappa shape index (κ3) is 9.05. The number of thiazole rings is 1. The monoisotopic (exact) mass is 789 g/mol. The molecule has 3 aromatic rings. The molecular weight excluding hydrogens is 763 g/mol. The number of aliphatic carboxylic acids is 1. The number of nitrogens with one attached hydrogen (secondary N) is 3. The molecule has 0 radical (unpaired) electrons. The van der Waals surface area contributed by atoms with E-state index >= 15 is 0 Å². The van der Waals surface area contributed by atoms with E-state index in [-0.39, 0.29) is 45.1 Å². The zero-order valence-electron chi connectivity index (χ0n) is 27.5. The molecule has 1 aromatic carbocycles. The molecule has 25 heteroatoms. The number of rotatable bonds is 13. The Kier molecular flexibility index (Phi) is 11.9. The van der Waals surface area contributed by atoms with E-state index in [9.17, 15) is 38.7 Å². The van der Waals surface area contributed by atoms with Crippen molar-refractivity contribution >= 4 is 87.2 Å². The Hall–Kier alpha value is -6.08. The van der Waals surface area contributed by atoms with Crippen LogP contribution >= 0.6 is 34.9 Å². The van der Waals surface area contributed by atoms with Crippen LogP contribution in [0.15, 0.2) is 45.2 Å². The number of thioether (sulfide) groups is 2. The van der Waals surface area contributed by atoms with Crippen LogP contribution in [-0.2, 0) is 40.7 Å². The van der Waals surface area contributed by atoms with Gasteiger partial charge in [-0.05, 0) is 34.2 Å². The van der Waals surface area contributed by atoms with Gasteiger partial charge in [-0.3, -0.25) is 44.5 Å². The molecule has 4 heterocycles. The molecular formula is C28H27N11O11S3. The van der Waals surface area contributed by atoms with Gasteiger partial charge in [0, 0.05) is 43.3 Å². The molecule has 5 rings (SSSR count). The lowest BCUT2D eigenvalue weighted by Gasteiger charge is -2.49. The number of aryl methyl sites for hydroxylation is 1. The van der Waals surface area contributed by atoms with Crippen molar-refractivity contribution in [1.29, 1.82) is 0 Å². The summed E-state index contributed by atoms with van der Waals surface area (Å²) >= 11 is 3.43. The van der Waals surface area contributed by atoms with Gasteiger partial charge in [0.05, 0.1) is 0 Å². The molecule has 0 aliphatic carbocycles. The number of ether oxygens (including phenoxy) is 2. The molecule has 2 aliphatic heterocycles. The first kappa shape index (κ1) is 38.2. The summed E-state index contributed by atoms with van der Waals surface area (Å²) in [5, 5.41) is 28.5. The molecule has 1 fully saturated rings. The van der Waals surface area contributed by atoms with E-state index in [0.29, 0.717) is 10.7 Å². The number of nitrogens with two attached hydrogens (primary N) is 1. The Balaban J connectivity index is 1.20. The average molecular weight is 790 g/mol. The summed E-state index contributed by atoms with van der Waals surface area (Å²) in [5.74, 6) is -6.01. The van der Waals surface area contributed by atoms with Gasteiger partial charge < -0.3 is 30.5 Å². The lowest BCUT2D eigenvalue weighted by atomic mass is 10.0. The second-order valence-electron chi connectivity index (χ2n) is 10.6. The fourth-order valence-corrected chi connectivity index (χ4v) is 7.50. The van der Waals surface area contributed by atoms with Gasteiger partial charge in [-0.15, -0.1) is 28.2 Å². The highest BCUT2D eigenvalue weighted by Gasteiger charge is 2.54. The number of tetrazole rings is 1. The van der Waals surface area contributed by atoms with Crippen LogP contribution in [0.25, 0.3) is 0 Å². The lowest BCUT2D eigenvalue weighted by molar-refractivity contribution is -0.150. The fourth-order valence-electron chi connectivity index (χ4n) is 4.61. The number of carboxylic acid groups (broad SMARTS) is 1. The molecule has 22 nitrogen and oxygen atoms in total. The van der Waals surface area contributed by atoms with Crippen molar-refractivity contribution < 1.29 is 53.0 Å². The van der Waals surface area contributed by atoms with Crippen LogP contribution in [0.5, 0.6) is 11.5 Å². The van der Waals surface area contributed by atoms with Crippen LogP contribution in [0, 0.1) is 0 Å². The van der Waals surface area contributed by atoms with Gasteiger partial charge >= 0.3 is 17.9 Å². The summed E-state index contributed by atoms with van der Waals surface area (Å²) in [6.07, 6.45) is 0. The van der Waals surface area contributed by atoms with Crippen LogP contribution < -0.4 is 31.4 Å². The number of hydrazine groups is 1. The average Bonchev–Trinajstić information content (AvgIpc) is 3.73. The first-order valence-corrected chi connectivity index (χ1v) is 17.7. The third-order valence-corrected chi connectivity index (χ3v) is 9.96. The number of β-lactam (4-membered cyclic amide) rings is 1. The van der Waals surface area contributed by atoms with Crippen LogP contribution in [0.3, 0.4) is 0 Å². The van der Waals surface area contributed by atoms with E-state index in [4.69, 9.17) is 20.0 Å². The maximum Gasteiger partial charge on any atom is 0.352 e. The molecule has 0 spiro atoms. The number of hydrogen-bond donors (Lipinski definition) is 5. The van der Waals surface area contributed by atoms with E-state index in [0.717, 1.165) is 36.2 Å². The molecule has 2 aromatic heterocycles. The molecule has 4 amide bonds. The van der Waals surface area contributed by atoms with Gasteiger partial charge in [0.15, 0.2) is 28.9 Å². The highest BCUT2D eigenvalue weighted by atomic mass is 32.2. The number of nitrogens with zero attached hydrogens (tertiary/aromatic N) is 7. The minimum absolute atomic E-state index is 0.0388. The highest BCUT2D eigenvalue weighted by Crippen LogP contribution is 2.41. The predicted molar refractivity (Wildman–Crippen MR) is 183 cm³/mol. The molecule has 2 aliphatic rings. The quantitative estimate of drug-likeness (QED) is 0.0340. The zero-order chi connectivity index (χ0) is 38.4. The van der Waals surface area contributed by atoms with Crippen LogP contribution in [0.4, 0.5) is 5.13 Å². The Morgan fingerprint density at radius 2 is 1.85 bits per heavy atom. The Morgan fingerprint density at radius 3 is 2.49 bits per heavy atom. The maximum atomic E-state index is 13.4. The second kappa shape index (κ2) is 16.5. The van der Waals surface area contributed by atoms with E-state index in [1.54, 1.807) is 7.05 Å². The van der Waals surface area contributed by atoms with Gasteiger partial charge in [-0.25, -0.2) is 14.5 Å². The van der Waals surface area contributed by atoms with Gasteiger partial charge in [0.1, 0.15) is 22.8 Å². The first-order valence-electron chi connectivity index (χ1n) is 14.8. The smallest absolute Gasteiger partial charge is 0.352 e. The number of fused-ring (bicyclic) bond motifs is 1. The summed E-state index contributed by atoms with van der Waals surface area (Å²) in [5.41, 5.74) is 9.63. The summed E-state index contributed by atoms with van der Waals surface area (Å²) in [7, 11) is 1.63. The topological polar surface area (TPSA) is 302 Å². The molecule has 53 heavy (non-hydrogen) atoms. The minimum Gasteiger partial charge on any atom is -0.477 e. The van der Waals surface area contributed by atoms with E-state index in [1.165, 1.54) is 45.7 Å². The largest absolute Gasteiger partial charge is 0.477 e. The number of esters is 2. The van der Waals surface area contributed by atoms with Gasteiger partial charge in [-0.2, -0.15) is 0 Å². The SMILES string of the molecule is CC(=O)Oc1ccc(C(=O)NNC(=O)CON=C(C(=O)NC2C(=O)N3C(C(=O)O)=C(CSc4nnnn4C)CS[C@@H]23)c2csc(N)n2)cc1OC(C)=O. The number of nitrogen functional groups attached to an aromatic ring is 1. The summed E-state index contributed by atoms with van der Waals surface area (Å²) < 4.78 is 11.4. The van der Waals surface area contributed by atoms with E-state index in [1.807, 2.05) is 0 Å². The summed E-state index contributed by atoms with van der Waals surface area (Å²) in [6.45, 7) is 1.43. The second-order valence-corrected chi connectivity index (χ2v) is 13.6. The van der Waals surface area contributed by atoms with Crippen molar-refractivity contribution in [3.05, 3.63) is 46.1 Å². The molecule has 6 N–H and O–H groups in total. The molecule has 2 atom stereocenters. The number of amides is 4. The highest BCUT2D eigenvalue weighted by molar-refractivity contribution is 8.01. The van der Waals surface area contributed by atoms with Crippen LogP contribution in [0.1, 0.15) is 29.9 Å². The molecule has 0 bridgehead atoms. The van der Waals surface area contributed by atoms with Gasteiger partial charge in [0.25, 0.3) is 23.6 Å². The maximum absolute atomic E-state index is 13.4. The Morgan fingerprint density at radius 1 is 1.11 bits per heavy atom. The van der Waals surface area contributed by atoms with E-state index in [2.05, 4.69) is 41.8 Å². The standard InChI is InChI=1S/C28H27N11O11S3/c1-11(40)49-16-5-4-13(6-17(16)50-12(2)41)22(43)33-32-18(42)7-48-35-19(15-10-52-27(29)30-15)23(44)31-20-24(45)39-21(26(46)47)14(8-51-25(20)39)9-53-28-34-36-37-38(28)3/h4-6,10,20,25H,7-9H2,1-3H3,(H2,29,30)(H,31,44)(H,32,42)(H,33,43)(H,46,47)/t20?,25-/m0/s1. The number of carbonyl (C=O) groups excluding carboxylic acids is 6. The predicted octanol–water partition coefficient (Wildman–Crippen LogP) is -1.19. The third-order valence-electron chi connectivity index (χ3n) is 6.85.